The van der Waals surface area contributed by atoms with Crippen LogP contribution in [0.15, 0.2) is 16.9 Å². The molecule has 5 nitrogen and oxygen atoms in total. The third-order valence-electron chi connectivity index (χ3n) is 1.62. The van der Waals surface area contributed by atoms with Crippen molar-refractivity contribution in [2.45, 2.75) is 0 Å². The van der Waals surface area contributed by atoms with Gasteiger partial charge in [-0.3, -0.25) is 4.98 Å². The zero-order valence-corrected chi connectivity index (χ0v) is 9.22. The van der Waals surface area contributed by atoms with E-state index in [0.717, 1.165) is 4.88 Å². The minimum Gasteiger partial charge on any atom is -0.467 e. The molecule has 0 aromatic carbocycles. The van der Waals surface area contributed by atoms with Crippen molar-refractivity contribution in [1.82, 2.24) is 15.0 Å². The molecule has 0 amide bonds. The number of halogens is 1. The third kappa shape index (κ3) is 2.16. The monoisotopic (exact) mass is 243 g/mol. The molecule has 0 saturated carbocycles. The smallest absolute Gasteiger partial charge is 0.351 e. The molecule has 1 N–H and O–H groups in total. The van der Waals surface area contributed by atoms with Crippen LogP contribution in [0, 0.1) is 0 Å². The molecule has 2 aromatic rings. The van der Waals surface area contributed by atoms with Crippen LogP contribution in [0.25, 0.3) is 10.7 Å². The molecule has 0 saturated heterocycles. The van der Waals surface area contributed by atoms with Crippen molar-refractivity contribution >= 4 is 22.9 Å². The zero-order chi connectivity index (χ0) is 10.8. The summed E-state index contributed by atoms with van der Waals surface area (Å²) < 4.78 is 5.42. The van der Waals surface area contributed by atoms with Crippen molar-refractivity contribution in [2.24, 2.45) is 0 Å². The summed E-state index contributed by atoms with van der Waals surface area (Å²) in [5, 5.41) is 0. The molecule has 0 spiro atoms. The second-order valence-electron chi connectivity index (χ2n) is 2.59. The van der Waals surface area contributed by atoms with Gasteiger partial charge in [0.2, 0.25) is 0 Å². The van der Waals surface area contributed by atoms with E-state index in [9.17, 15) is 4.79 Å². The highest BCUT2D eigenvalue weighted by atomic mass is 35.5. The lowest BCUT2D eigenvalue weighted by molar-refractivity contribution is 0.377. The largest absolute Gasteiger partial charge is 0.467 e. The molecule has 0 aliphatic rings. The third-order valence-corrected chi connectivity index (χ3v) is 2.86. The number of hydrogen-bond donors (Lipinski definition) is 1. The van der Waals surface area contributed by atoms with Crippen molar-refractivity contribution in [3.63, 3.8) is 0 Å². The summed E-state index contributed by atoms with van der Waals surface area (Å²) in [6.07, 6.45) is 0. The van der Waals surface area contributed by atoms with Crippen LogP contribution in [0.2, 0.25) is 4.34 Å². The number of thiophene rings is 1. The maximum Gasteiger partial charge on any atom is 0.351 e. The Labute approximate surface area is 93.7 Å². The van der Waals surface area contributed by atoms with Gasteiger partial charge in [0.1, 0.15) is 0 Å². The molecule has 0 aliphatic heterocycles. The Hall–Kier alpha value is -1.40. The summed E-state index contributed by atoms with van der Waals surface area (Å²) in [6.45, 7) is 0. The Bertz CT molecular complexity index is 537. The maximum absolute atomic E-state index is 11.1. The van der Waals surface area contributed by atoms with Crippen LogP contribution in [0.4, 0.5) is 0 Å². The minimum atomic E-state index is -0.499. The topological polar surface area (TPSA) is 67.9 Å². The van der Waals surface area contributed by atoms with Crippen LogP contribution in [-0.2, 0) is 0 Å². The van der Waals surface area contributed by atoms with Gasteiger partial charge in [-0.05, 0) is 12.1 Å². The quantitative estimate of drug-likeness (QED) is 0.869. The van der Waals surface area contributed by atoms with Crippen molar-refractivity contribution in [3.05, 3.63) is 27.0 Å². The molecular formula is C8H6ClN3O2S. The van der Waals surface area contributed by atoms with Gasteiger partial charge >= 0.3 is 11.7 Å². The number of nitrogens with zero attached hydrogens (tertiary/aromatic N) is 2. The molecule has 2 aromatic heterocycles. The van der Waals surface area contributed by atoms with Crippen LogP contribution in [0.1, 0.15) is 0 Å². The van der Waals surface area contributed by atoms with E-state index >= 15 is 0 Å². The number of ether oxygens (including phenoxy) is 1. The van der Waals surface area contributed by atoms with Crippen LogP contribution >= 0.6 is 22.9 Å². The molecule has 0 bridgehead atoms. The highest BCUT2D eigenvalue weighted by Crippen LogP contribution is 2.28. The number of rotatable bonds is 2. The molecular weight excluding hydrogens is 238 g/mol. The van der Waals surface area contributed by atoms with E-state index in [0.29, 0.717) is 10.2 Å². The van der Waals surface area contributed by atoms with E-state index in [1.807, 2.05) is 0 Å². The van der Waals surface area contributed by atoms with Gasteiger partial charge < -0.3 is 4.74 Å². The van der Waals surface area contributed by atoms with E-state index in [4.69, 9.17) is 16.3 Å². The first-order valence-corrected chi connectivity index (χ1v) is 5.16. The molecule has 0 atom stereocenters. The zero-order valence-electron chi connectivity index (χ0n) is 7.65. The Morgan fingerprint density at radius 3 is 2.87 bits per heavy atom. The highest BCUT2D eigenvalue weighted by molar-refractivity contribution is 7.19. The normalized spacial score (nSPS) is 10.3. The molecule has 2 rings (SSSR count). The van der Waals surface area contributed by atoms with Crippen molar-refractivity contribution in [3.8, 4) is 16.7 Å². The van der Waals surface area contributed by atoms with E-state index < -0.39 is 5.69 Å². The second kappa shape index (κ2) is 4.00. The molecule has 2 heterocycles. The average molecular weight is 244 g/mol. The Balaban J connectivity index is 2.53. The first-order valence-electron chi connectivity index (χ1n) is 3.97. The van der Waals surface area contributed by atoms with E-state index in [-0.39, 0.29) is 6.01 Å². The van der Waals surface area contributed by atoms with Crippen molar-refractivity contribution in [2.75, 3.05) is 7.11 Å². The minimum absolute atomic E-state index is 0.0401. The van der Waals surface area contributed by atoms with Crippen LogP contribution < -0.4 is 10.4 Å². The van der Waals surface area contributed by atoms with Gasteiger partial charge in [0.05, 0.1) is 16.3 Å². The van der Waals surface area contributed by atoms with Gasteiger partial charge in [0.25, 0.3) is 0 Å². The molecule has 0 radical (unpaired) electrons. The van der Waals surface area contributed by atoms with Crippen LogP contribution in [0.3, 0.4) is 0 Å². The van der Waals surface area contributed by atoms with Gasteiger partial charge in [-0.1, -0.05) is 11.6 Å². The average Bonchev–Trinajstić information content (AvgIpc) is 2.64. The molecule has 0 aliphatic carbocycles. The van der Waals surface area contributed by atoms with Gasteiger partial charge in [-0.25, -0.2) is 4.79 Å². The molecule has 7 heteroatoms. The Morgan fingerprint density at radius 1 is 1.47 bits per heavy atom. The lowest BCUT2D eigenvalue weighted by Crippen LogP contribution is -2.13. The fraction of sp³-hybridized carbons (Fsp3) is 0.125. The van der Waals surface area contributed by atoms with E-state index in [1.54, 1.807) is 12.1 Å². The van der Waals surface area contributed by atoms with Gasteiger partial charge in [0.15, 0.2) is 5.82 Å². The van der Waals surface area contributed by atoms with E-state index in [1.165, 1.54) is 18.4 Å². The predicted octanol–water partition coefficient (Wildman–Crippen LogP) is 1.56. The first kappa shape index (κ1) is 10.1. The van der Waals surface area contributed by atoms with Gasteiger partial charge in [-0.15, -0.1) is 16.3 Å². The number of nitrogens with one attached hydrogen (secondary N) is 1. The number of aromatic amines is 1. The van der Waals surface area contributed by atoms with Gasteiger partial charge in [0, 0.05) is 0 Å². The Morgan fingerprint density at radius 2 is 2.27 bits per heavy atom. The molecule has 78 valence electrons. The van der Waals surface area contributed by atoms with Gasteiger partial charge in [-0.2, -0.15) is 4.98 Å². The van der Waals surface area contributed by atoms with Crippen molar-refractivity contribution in [1.29, 1.82) is 0 Å². The highest BCUT2D eigenvalue weighted by Gasteiger charge is 2.07. The van der Waals surface area contributed by atoms with Crippen LogP contribution in [-0.4, -0.2) is 22.1 Å². The second-order valence-corrected chi connectivity index (χ2v) is 4.31. The van der Waals surface area contributed by atoms with E-state index in [2.05, 4.69) is 15.0 Å². The first-order chi connectivity index (χ1) is 7.19. The number of hydrogen-bond acceptors (Lipinski definition) is 5. The number of methoxy groups -OCH3 is 1. The number of H-pyrrole nitrogens is 1. The Kier molecular flexibility index (Phi) is 2.70. The molecule has 15 heavy (non-hydrogen) atoms. The summed E-state index contributed by atoms with van der Waals surface area (Å²) in [7, 11) is 1.40. The summed E-state index contributed by atoms with van der Waals surface area (Å²) in [6, 6.07) is 3.54. The number of aromatic nitrogens is 3. The summed E-state index contributed by atoms with van der Waals surface area (Å²) in [5.41, 5.74) is -0.499. The fourth-order valence-corrected chi connectivity index (χ4v) is 2.00. The fourth-order valence-electron chi connectivity index (χ4n) is 1.01. The van der Waals surface area contributed by atoms with Crippen molar-refractivity contribution < 1.29 is 4.74 Å². The lowest BCUT2D eigenvalue weighted by atomic mass is 10.4. The summed E-state index contributed by atoms with van der Waals surface area (Å²) in [4.78, 5) is 21.9. The summed E-state index contributed by atoms with van der Waals surface area (Å²) in [5.74, 6) is 0.406. The standard InChI is InChI=1S/C8H6ClN3O2S/c1-14-8-11-6(10-7(13)12-8)4-2-3-5(9)15-4/h2-3H,1H3,(H,10,11,12,13). The molecule has 0 fully saturated rings. The summed E-state index contributed by atoms with van der Waals surface area (Å²) >= 11 is 7.09. The molecule has 0 unspecified atom stereocenters. The van der Waals surface area contributed by atoms with Crippen LogP contribution in [0.5, 0.6) is 6.01 Å². The lowest BCUT2D eigenvalue weighted by Gasteiger charge is -1.98. The predicted molar refractivity (Wildman–Crippen MR) is 57.5 cm³/mol. The maximum atomic E-state index is 11.1. The SMILES string of the molecule is COc1nc(-c2ccc(Cl)s2)[nH]c(=O)n1.